The van der Waals surface area contributed by atoms with Crippen LogP contribution in [0.1, 0.15) is 0 Å². The Kier molecular flexibility index (Phi) is 2.63. The van der Waals surface area contributed by atoms with E-state index in [4.69, 9.17) is 4.74 Å². The average molecular weight is 247 g/mol. The van der Waals surface area contributed by atoms with Crippen molar-refractivity contribution in [3.63, 3.8) is 0 Å². The molecule has 0 saturated carbocycles. The second-order valence-electron chi connectivity index (χ2n) is 4.12. The summed E-state index contributed by atoms with van der Waals surface area (Å²) in [4.78, 5) is 0. The van der Waals surface area contributed by atoms with Crippen LogP contribution in [-0.2, 0) is 0 Å². The van der Waals surface area contributed by atoms with Crippen molar-refractivity contribution in [2.75, 3.05) is 18.5 Å². The summed E-state index contributed by atoms with van der Waals surface area (Å²) in [6.45, 7) is 1.27. The molecule has 0 amide bonds. The maximum absolute atomic E-state index is 13.2. The van der Waals surface area contributed by atoms with Crippen LogP contribution in [0.25, 0.3) is 11.1 Å². The van der Waals surface area contributed by atoms with Gasteiger partial charge in [0.05, 0.1) is 5.69 Å². The largest absolute Gasteiger partial charge is 0.489 e. The Morgan fingerprint density at radius 2 is 1.83 bits per heavy atom. The van der Waals surface area contributed by atoms with Crippen LogP contribution < -0.4 is 10.1 Å². The third-order valence-corrected chi connectivity index (χ3v) is 2.85. The Balaban J connectivity index is 2.16. The van der Waals surface area contributed by atoms with Gasteiger partial charge < -0.3 is 10.1 Å². The molecule has 0 atom stereocenters. The van der Waals surface area contributed by atoms with Crippen molar-refractivity contribution in [1.29, 1.82) is 0 Å². The number of fused-ring (bicyclic) bond motifs is 1. The molecule has 0 bridgehead atoms. The van der Waals surface area contributed by atoms with Crippen molar-refractivity contribution in [1.82, 2.24) is 0 Å². The van der Waals surface area contributed by atoms with Gasteiger partial charge in [-0.25, -0.2) is 8.78 Å². The summed E-state index contributed by atoms with van der Waals surface area (Å²) in [5.41, 5.74) is 2.02. The predicted molar refractivity (Wildman–Crippen MR) is 65.8 cm³/mol. The maximum atomic E-state index is 13.2. The Morgan fingerprint density at radius 3 is 2.61 bits per heavy atom. The molecule has 0 fully saturated rings. The first kappa shape index (κ1) is 11.0. The van der Waals surface area contributed by atoms with Gasteiger partial charge in [0.1, 0.15) is 24.0 Å². The minimum Gasteiger partial charge on any atom is -0.489 e. The molecule has 1 aliphatic rings. The minimum absolute atomic E-state index is 0.480. The fraction of sp³-hybridized carbons (Fsp3) is 0.143. The topological polar surface area (TPSA) is 21.3 Å². The second-order valence-corrected chi connectivity index (χ2v) is 4.12. The first-order chi connectivity index (χ1) is 8.74. The van der Waals surface area contributed by atoms with E-state index in [1.54, 1.807) is 6.07 Å². The molecule has 4 heteroatoms. The lowest BCUT2D eigenvalue weighted by Gasteiger charge is -2.21. The summed E-state index contributed by atoms with van der Waals surface area (Å²) >= 11 is 0. The van der Waals surface area contributed by atoms with Crippen LogP contribution >= 0.6 is 0 Å². The first-order valence-electron chi connectivity index (χ1n) is 5.70. The molecule has 0 aromatic heterocycles. The van der Waals surface area contributed by atoms with Gasteiger partial charge in [0.2, 0.25) is 0 Å². The minimum atomic E-state index is -0.591. The highest BCUT2D eigenvalue weighted by Gasteiger charge is 2.15. The molecule has 0 saturated heterocycles. The third-order valence-electron chi connectivity index (χ3n) is 2.85. The van der Waals surface area contributed by atoms with Crippen LogP contribution in [0.4, 0.5) is 14.5 Å². The molecule has 3 rings (SSSR count). The number of ether oxygens (including phenoxy) is 1. The Morgan fingerprint density at radius 1 is 1.06 bits per heavy atom. The van der Waals surface area contributed by atoms with E-state index >= 15 is 0 Å². The lowest BCUT2D eigenvalue weighted by molar-refractivity contribution is 0.324. The van der Waals surface area contributed by atoms with Gasteiger partial charge in [-0.1, -0.05) is 12.1 Å². The molecule has 2 nitrogen and oxygen atoms in total. The normalized spacial score (nSPS) is 13.4. The highest BCUT2D eigenvalue weighted by Crippen LogP contribution is 2.38. The van der Waals surface area contributed by atoms with E-state index in [0.717, 1.165) is 18.3 Å². The molecular weight excluding hydrogens is 236 g/mol. The molecule has 0 radical (unpaired) electrons. The number of hydrogen-bond donors (Lipinski definition) is 1. The monoisotopic (exact) mass is 247 g/mol. The van der Waals surface area contributed by atoms with Crippen molar-refractivity contribution in [3.8, 4) is 16.9 Å². The fourth-order valence-electron chi connectivity index (χ4n) is 2.11. The quantitative estimate of drug-likeness (QED) is 0.833. The lowest BCUT2D eigenvalue weighted by atomic mass is 10.0. The number of halogens is 2. The molecule has 1 aliphatic heterocycles. The van der Waals surface area contributed by atoms with Gasteiger partial charge in [0.25, 0.3) is 0 Å². The Bertz CT molecular complexity index is 578. The summed E-state index contributed by atoms with van der Waals surface area (Å²) in [5.74, 6) is -0.536. The van der Waals surface area contributed by atoms with Crippen molar-refractivity contribution in [3.05, 3.63) is 48.0 Å². The van der Waals surface area contributed by atoms with Crippen molar-refractivity contribution in [2.45, 2.75) is 0 Å². The number of hydrogen-bond acceptors (Lipinski definition) is 2. The lowest BCUT2D eigenvalue weighted by Crippen LogP contribution is -2.18. The predicted octanol–water partition coefficient (Wildman–Crippen LogP) is 3.44. The van der Waals surface area contributed by atoms with E-state index in [0.29, 0.717) is 23.5 Å². The van der Waals surface area contributed by atoms with E-state index in [1.165, 1.54) is 12.1 Å². The van der Waals surface area contributed by atoms with Crippen molar-refractivity contribution in [2.24, 2.45) is 0 Å². The molecule has 1 N–H and O–H groups in total. The van der Waals surface area contributed by atoms with Gasteiger partial charge in [0, 0.05) is 18.2 Å². The standard InChI is InChI=1S/C14H11F2NO/c15-10-6-9(7-11(16)8-10)12-2-1-3-13-14(12)18-5-4-17-13/h1-3,6-8,17H,4-5H2. The summed E-state index contributed by atoms with van der Waals surface area (Å²) < 4.78 is 32.1. The highest BCUT2D eigenvalue weighted by atomic mass is 19.1. The number of rotatable bonds is 1. The zero-order valence-corrected chi connectivity index (χ0v) is 9.54. The highest BCUT2D eigenvalue weighted by molar-refractivity contribution is 5.78. The van der Waals surface area contributed by atoms with E-state index in [2.05, 4.69) is 5.32 Å². The zero-order valence-electron chi connectivity index (χ0n) is 9.54. The van der Waals surface area contributed by atoms with E-state index in [9.17, 15) is 8.78 Å². The van der Waals surface area contributed by atoms with Crippen molar-refractivity contribution < 1.29 is 13.5 Å². The van der Waals surface area contributed by atoms with Crippen LogP contribution in [0.2, 0.25) is 0 Å². The van der Waals surface area contributed by atoms with Gasteiger partial charge in [-0.15, -0.1) is 0 Å². The van der Waals surface area contributed by atoms with E-state index in [1.807, 2.05) is 12.1 Å². The number of benzene rings is 2. The number of nitrogens with one attached hydrogen (secondary N) is 1. The number of para-hydroxylation sites is 1. The molecule has 1 heterocycles. The SMILES string of the molecule is Fc1cc(F)cc(-c2cccc3c2OCCN3)c1. The Hall–Kier alpha value is -2.10. The smallest absolute Gasteiger partial charge is 0.150 e. The van der Waals surface area contributed by atoms with Crippen LogP contribution in [0.15, 0.2) is 36.4 Å². The second kappa shape index (κ2) is 4.29. The summed E-state index contributed by atoms with van der Waals surface area (Å²) in [6.07, 6.45) is 0. The molecule has 92 valence electrons. The number of anilines is 1. The summed E-state index contributed by atoms with van der Waals surface area (Å²) in [5, 5.41) is 3.19. The van der Waals surface area contributed by atoms with Gasteiger partial charge in [-0.3, -0.25) is 0 Å². The average Bonchev–Trinajstić information content (AvgIpc) is 2.37. The van der Waals surface area contributed by atoms with Crippen LogP contribution in [0.5, 0.6) is 5.75 Å². The maximum Gasteiger partial charge on any atom is 0.150 e. The molecule has 0 unspecified atom stereocenters. The summed E-state index contributed by atoms with van der Waals surface area (Å²) in [7, 11) is 0. The van der Waals surface area contributed by atoms with Crippen LogP contribution in [0.3, 0.4) is 0 Å². The molecule has 2 aromatic carbocycles. The fourth-order valence-corrected chi connectivity index (χ4v) is 2.11. The Labute approximate surface area is 103 Å². The van der Waals surface area contributed by atoms with Gasteiger partial charge >= 0.3 is 0 Å². The van der Waals surface area contributed by atoms with Gasteiger partial charge in [0.15, 0.2) is 0 Å². The zero-order chi connectivity index (χ0) is 12.5. The first-order valence-corrected chi connectivity index (χ1v) is 5.70. The van der Waals surface area contributed by atoms with E-state index < -0.39 is 11.6 Å². The van der Waals surface area contributed by atoms with Crippen LogP contribution in [0, 0.1) is 11.6 Å². The van der Waals surface area contributed by atoms with Crippen molar-refractivity contribution >= 4 is 5.69 Å². The third kappa shape index (κ3) is 1.90. The molecule has 0 spiro atoms. The van der Waals surface area contributed by atoms with Gasteiger partial charge in [-0.2, -0.15) is 0 Å². The summed E-state index contributed by atoms with van der Waals surface area (Å²) in [6, 6.07) is 8.97. The molecular formula is C14H11F2NO. The van der Waals surface area contributed by atoms with Gasteiger partial charge in [-0.05, 0) is 23.8 Å². The molecule has 2 aromatic rings. The van der Waals surface area contributed by atoms with E-state index in [-0.39, 0.29) is 0 Å². The molecule has 0 aliphatic carbocycles. The molecule has 18 heavy (non-hydrogen) atoms. The van der Waals surface area contributed by atoms with Crippen LogP contribution in [-0.4, -0.2) is 13.2 Å².